The molecular weight excluding hydrogens is 961 g/mol. The first-order valence-electron chi connectivity index (χ1n) is 27.4. The van der Waals surface area contributed by atoms with Gasteiger partial charge in [-0.1, -0.05) is 77.0 Å². The van der Waals surface area contributed by atoms with Gasteiger partial charge in [0.25, 0.3) is 0 Å². The van der Waals surface area contributed by atoms with Crippen molar-refractivity contribution < 1.29 is 72.2 Å². The van der Waals surface area contributed by atoms with Gasteiger partial charge in [-0.2, -0.15) is 0 Å². The fourth-order valence-electron chi connectivity index (χ4n) is 7.29. The molecule has 0 radical (unpaired) electrons. The predicted molar refractivity (Wildman–Crippen MR) is 281 cm³/mol. The number of nitrogens with zero attached hydrogens (tertiary/aromatic N) is 1. The molecule has 2 amide bonds. The summed E-state index contributed by atoms with van der Waals surface area (Å²) < 4.78 is 31.6. The van der Waals surface area contributed by atoms with E-state index in [-0.39, 0.29) is 56.4 Å². The van der Waals surface area contributed by atoms with Gasteiger partial charge in [-0.05, 0) is 58.8 Å². The number of nitrogens with one attached hydrogen (secondary N) is 4. The van der Waals surface area contributed by atoms with Crippen molar-refractivity contribution in [1.82, 2.24) is 25.9 Å². The number of Topliss-reactive ketones (excluding diaryl/α,β-unsaturated/α-hetero) is 3. The van der Waals surface area contributed by atoms with Crippen molar-refractivity contribution >= 4 is 41.1 Å². The summed E-state index contributed by atoms with van der Waals surface area (Å²) in [6, 6.07) is -1.65. The van der Waals surface area contributed by atoms with Crippen LogP contribution in [0.15, 0.2) is 12.5 Å². The average molecular weight is 1060 g/mol. The van der Waals surface area contributed by atoms with Gasteiger partial charge in [-0.15, -0.1) is 0 Å². The van der Waals surface area contributed by atoms with Gasteiger partial charge in [0.1, 0.15) is 31.6 Å². The van der Waals surface area contributed by atoms with E-state index in [9.17, 15) is 38.7 Å². The quantitative estimate of drug-likeness (QED) is 0.0399. The highest BCUT2D eigenvalue weighted by Crippen LogP contribution is 2.14. The van der Waals surface area contributed by atoms with Crippen LogP contribution >= 0.6 is 0 Å². The zero-order chi connectivity index (χ0) is 54.5. The minimum absolute atomic E-state index is 0.0137. The Balaban J connectivity index is 0.00000146. The van der Waals surface area contributed by atoms with E-state index in [4.69, 9.17) is 39.3 Å². The third-order valence-electron chi connectivity index (χ3n) is 11.5. The molecule has 1 heterocycles. The van der Waals surface area contributed by atoms with Crippen LogP contribution < -0.4 is 21.7 Å². The number of carboxylic acid groups (broad SMARTS) is 2. The highest BCUT2D eigenvalue weighted by Gasteiger charge is 2.21. The molecule has 21 heteroatoms. The van der Waals surface area contributed by atoms with E-state index in [0.717, 1.165) is 37.8 Å². The summed E-state index contributed by atoms with van der Waals surface area (Å²) in [5.41, 5.74) is 6.61. The van der Waals surface area contributed by atoms with Crippen molar-refractivity contribution in [2.45, 2.75) is 180 Å². The Bertz CT molecular complexity index is 1550. The lowest BCUT2D eigenvalue weighted by Gasteiger charge is -2.16. The molecule has 0 saturated carbocycles. The van der Waals surface area contributed by atoms with Crippen LogP contribution in [-0.2, 0) is 68.4 Å². The number of imidazole rings is 1. The molecule has 0 bridgehead atoms. The van der Waals surface area contributed by atoms with Crippen molar-refractivity contribution in [3.63, 3.8) is 0 Å². The summed E-state index contributed by atoms with van der Waals surface area (Å²) in [6.45, 7) is 8.50. The van der Waals surface area contributed by atoms with Gasteiger partial charge < -0.3 is 60.0 Å². The number of likely N-dealkylation sites (N-methyl/N-ethyl adjacent to an activating group) is 1. The number of ketones is 3. The molecular formula is C53H96N6O15. The number of carboxylic acids is 2. The Hall–Kier alpha value is -4.22. The van der Waals surface area contributed by atoms with Crippen molar-refractivity contribution in [3.8, 4) is 0 Å². The maximum atomic E-state index is 12.2. The van der Waals surface area contributed by atoms with E-state index in [1.165, 1.54) is 70.5 Å². The summed E-state index contributed by atoms with van der Waals surface area (Å²) in [5, 5.41) is 26.1. The number of unbranched alkanes of at least 4 members (excludes halogenated alkanes) is 14. The van der Waals surface area contributed by atoms with Crippen molar-refractivity contribution in [2.75, 3.05) is 98.9 Å². The number of amides is 2. The van der Waals surface area contributed by atoms with Crippen LogP contribution in [-0.4, -0.2) is 172 Å². The van der Waals surface area contributed by atoms with Gasteiger partial charge in [0.2, 0.25) is 11.8 Å². The van der Waals surface area contributed by atoms with E-state index in [2.05, 4.69) is 25.9 Å². The highest BCUT2D eigenvalue weighted by atomic mass is 16.5. The molecule has 0 aliphatic carbocycles. The summed E-state index contributed by atoms with van der Waals surface area (Å²) in [4.78, 5) is 87.5. The van der Waals surface area contributed by atoms with Crippen molar-refractivity contribution in [1.29, 1.82) is 0 Å². The molecule has 0 saturated heterocycles. The fourth-order valence-corrected chi connectivity index (χ4v) is 7.29. The molecule has 74 heavy (non-hydrogen) atoms. The second-order valence-corrected chi connectivity index (χ2v) is 18.1. The monoisotopic (exact) mass is 1060 g/mol. The number of rotatable bonds is 54. The summed E-state index contributed by atoms with van der Waals surface area (Å²) in [5.74, 6) is -2.07. The van der Waals surface area contributed by atoms with E-state index < -0.39 is 24.0 Å². The van der Waals surface area contributed by atoms with Crippen LogP contribution in [0.4, 0.5) is 0 Å². The number of aromatic nitrogens is 2. The van der Waals surface area contributed by atoms with Crippen LogP contribution in [0.3, 0.4) is 0 Å². The second kappa shape index (κ2) is 52.2. The lowest BCUT2D eigenvalue weighted by atomic mass is 10.0. The third kappa shape index (κ3) is 48.7. The number of hydrogen-bond acceptors (Lipinski definition) is 16. The summed E-state index contributed by atoms with van der Waals surface area (Å²) in [6.07, 6.45) is 24.8. The molecule has 1 aromatic heterocycles. The van der Waals surface area contributed by atoms with Gasteiger partial charge in [0, 0.05) is 76.9 Å². The molecule has 8 N–H and O–H groups in total. The minimum atomic E-state index is -1.05. The first-order chi connectivity index (χ1) is 35.9. The van der Waals surface area contributed by atoms with Gasteiger partial charge in [-0.25, -0.2) is 4.98 Å². The largest absolute Gasteiger partial charge is 0.481 e. The Morgan fingerprint density at radius 2 is 1.05 bits per heavy atom. The molecule has 0 aliphatic rings. The number of aliphatic carboxylic acids is 2. The zero-order valence-electron chi connectivity index (χ0n) is 45.1. The normalized spacial score (nSPS) is 11.9. The molecule has 2 atom stereocenters. The molecule has 0 aliphatic heterocycles. The van der Waals surface area contributed by atoms with E-state index in [1.54, 1.807) is 6.20 Å². The van der Waals surface area contributed by atoms with Gasteiger partial charge in [0.15, 0.2) is 11.6 Å². The summed E-state index contributed by atoms with van der Waals surface area (Å²) in [7, 11) is 0. The Morgan fingerprint density at radius 3 is 1.57 bits per heavy atom. The molecule has 21 nitrogen and oxygen atoms in total. The van der Waals surface area contributed by atoms with Crippen LogP contribution in [0.5, 0.6) is 0 Å². The second-order valence-electron chi connectivity index (χ2n) is 18.1. The molecule has 1 aromatic rings. The SMILES string of the molecule is CCNC(=O)COCCOCCCC(=O)CCCCCCCCCCCCCCCCC(=O)O.CCOCCOCC(=O)CCCOCCOCC(=O)NCCCC[C@H](NCC(=O)[C@@H](N)Cc1cnc[nH]1)C(=O)O. The topological polar surface area (TPSA) is 306 Å². The lowest BCUT2D eigenvalue weighted by Crippen LogP contribution is -2.45. The third-order valence-corrected chi connectivity index (χ3v) is 11.5. The molecule has 0 spiro atoms. The minimum Gasteiger partial charge on any atom is -0.481 e. The first-order valence-corrected chi connectivity index (χ1v) is 27.4. The van der Waals surface area contributed by atoms with Gasteiger partial charge in [-0.3, -0.25) is 38.9 Å². The molecule has 0 fully saturated rings. The Morgan fingerprint density at radius 1 is 0.568 bits per heavy atom. The van der Waals surface area contributed by atoms with Crippen LogP contribution in [0.2, 0.25) is 0 Å². The molecule has 428 valence electrons. The van der Waals surface area contributed by atoms with Crippen LogP contribution in [0.1, 0.15) is 167 Å². The predicted octanol–water partition coefficient (Wildman–Crippen LogP) is 5.44. The van der Waals surface area contributed by atoms with Crippen molar-refractivity contribution in [2.24, 2.45) is 5.73 Å². The number of hydrogen-bond donors (Lipinski definition) is 7. The molecule has 0 unspecified atom stereocenters. The van der Waals surface area contributed by atoms with E-state index in [0.29, 0.717) is 130 Å². The standard InChI is InChI=1S/C27H51NO6.C26H45N5O9/c1-2-28-26(30)24-34-23-22-33-21-17-19-25(29)18-15-13-11-9-7-5-3-4-6-8-10-12-14-16-20-27(31)32;1-2-37-10-12-39-17-21(32)6-5-9-38-11-13-40-18-25(34)29-8-4-3-7-23(26(35)36)30-16-24(33)22(27)14-20-15-28-19-31-20/h2-24H2,1H3,(H,28,30)(H,31,32);15,19,22-23,30H,2-14,16-18,27H2,1H3,(H,28,31)(H,29,34)(H,35,36)/t;22-,23-/m.0/s1. The Labute approximate surface area is 441 Å². The summed E-state index contributed by atoms with van der Waals surface area (Å²) >= 11 is 0. The number of nitrogens with two attached hydrogens (primary N) is 1. The lowest BCUT2D eigenvalue weighted by molar-refractivity contribution is -0.140. The number of carbonyl (C=O) groups is 7. The van der Waals surface area contributed by atoms with Crippen LogP contribution in [0, 0.1) is 0 Å². The van der Waals surface area contributed by atoms with Crippen LogP contribution in [0.25, 0.3) is 0 Å². The van der Waals surface area contributed by atoms with Crippen molar-refractivity contribution in [3.05, 3.63) is 18.2 Å². The highest BCUT2D eigenvalue weighted by molar-refractivity contribution is 5.86. The average Bonchev–Trinajstić information content (AvgIpc) is 3.89. The van der Waals surface area contributed by atoms with E-state index >= 15 is 0 Å². The Kier molecular flexibility index (Phi) is 49.3. The number of ether oxygens (including phenoxy) is 6. The van der Waals surface area contributed by atoms with E-state index in [1.807, 2.05) is 13.8 Å². The molecule has 0 aromatic carbocycles. The van der Waals surface area contributed by atoms with Gasteiger partial charge in [0.05, 0.1) is 58.6 Å². The van der Waals surface area contributed by atoms with Gasteiger partial charge >= 0.3 is 11.9 Å². The first kappa shape index (κ1) is 69.8. The number of aromatic amines is 1. The smallest absolute Gasteiger partial charge is 0.320 e. The number of H-pyrrole nitrogens is 1. The fraction of sp³-hybridized carbons (Fsp3) is 0.811. The number of carbonyl (C=O) groups excluding carboxylic acids is 5. The molecule has 1 rings (SSSR count). The zero-order valence-corrected chi connectivity index (χ0v) is 45.1. The maximum absolute atomic E-state index is 12.2. The maximum Gasteiger partial charge on any atom is 0.320 e.